The molecule has 0 atom stereocenters. The first-order valence-corrected chi connectivity index (χ1v) is 12.5. The highest BCUT2D eigenvalue weighted by molar-refractivity contribution is 5.89. The number of nitrogens with zero attached hydrogens (tertiary/aromatic N) is 3. The fourth-order valence-corrected chi connectivity index (χ4v) is 7.82. The molecule has 1 saturated heterocycles. The van der Waals surface area contributed by atoms with Gasteiger partial charge in [0.05, 0.1) is 7.11 Å². The van der Waals surface area contributed by atoms with Gasteiger partial charge in [-0.2, -0.15) is 0 Å². The van der Waals surface area contributed by atoms with Gasteiger partial charge in [0, 0.05) is 38.0 Å². The number of piperazine rings is 1. The number of carbonyl (C=O) groups excluding carboxylic acids is 1. The number of methoxy groups -OCH3 is 1. The zero-order valence-electron chi connectivity index (χ0n) is 19.5. The van der Waals surface area contributed by atoms with E-state index in [9.17, 15) is 4.79 Å². The fraction of sp³-hybridized carbons (Fsp3) is 0.630. The smallest absolute Gasteiger partial charge is 0.223 e. The standard InChI is InChI=1S/C27H35N3O2/c1-18-10-24(28-26-22(18)4-3-5-23(26)32-2)29-6-8-30(9-7-29)25(31)17-27-14-19-11-20(15-27)13-21(12-19)16-27/h3-5,10,19-21H,6-9,11-17H2,1-2H3. The van der Waals surface area contributed by atoms with Crippen LogP contribution in [0.1, 0.15) is 50.5 Å². The minimum absolute atomic E-state index is 0.330. The van der Waals surface area contributed by atoms with E-state index in [0.717, 1.165) is 72.8 Å². The van der Waals surface area contributed by atoms with Gasteiger partial charge in [0.15, 0.2) is 0 Å². The molecule has 0 N–H and O–H groups in total. The van der Waals surface area contributed by atoms with E-state index in [1.165, 1.54) is 44.1 Å². The minimum atomic E-state index is 0.330. The van der Waals surface area contributed by atoms with Crippen molar-refractivity contribution < 1.29 is 9.53 Å². The maximum atomic E-state index is 13.3. The van der Waals surface area contributed by atoms with Crippen molar-refractivity contribution in [1.82, 2.24) is 9.88 Å². The molecule has 5 heteroatoms. The van der Waals surface area contributed by atoms with Gasteiger partial charge in [-0.3, -0.25) is 4.79 Å². The van der Waals surface area contributed by atoms with Crippen LogP contribution in [0.15, 0.2) is 24.3 Å². The number of amides is 1. The number of hydrogen-bond acceptors (Lipinski definition) is 4. The Hall–Kier alpha value is -2.30. The van der Waals surface area contributed by atoms with Crippen molar-refractivity contribution in [3.63, 3.8) is 0 Å². The zero-order valence-corrected chi connectivity index (χ0v) is 19.5. The molecular weight excluding hydrogens is 398 g/mol. The lowest BCUT2D eigenvalue weighted by Crippen LogP contribution is -2.52. The number of anilines is 1. The quantitative estimate of drug-likeness (QED) is 0.694. The van der Waals surface area contributed by atoms with Gasteiger partial charge in [0.2, 0.25) is 5.91 Å². The lowest BCUT2D eigenvalue weighted by molar-refractivity contribution is -0.139. The number of aromatic nitrogens is 1. The fourth-order valence-electron chi connectivity index (χ4n) is 7.82. The van der Waals surface area contributed by atoms with Gasteiger partial charge in [0.25, 0.3) is 0 Å². The summed E-state index contributed by atoms with van der Waals surface area (Å²) < 4.78 is 5.55. The first-order chi connectivity index (χ1) is 15.5. The third kappa shape index (κ3) is 3.45. The van der Waals surface area contributed by atoms with Crippen molar-refractivity contribution in [2.24, 2.45) is 23.2 Å². The second-order valence-corrected chi connectivity index (χ2v) is 11.1. The lowest BCUT2D eigenvalue weighted by atomic mass is 9.49. The molecule has 5 nitrogen and oxygen atoms in total. The van der Waals surface area contributed by atoms with Crippen molar-refractivity contribution in [1.29, 1.82) is 0 Å². The van der Waals surface area contributed by atoms with Crippen LogP contribution in [0.3, 0.4) is 0 Å². The summed E-state index contributed by atoms with van der Waals surface area (Å²) in [6, 6.07) is 8.27. The maximum Gasteiger partial charge on any atom is 0.223 e. The summed E-state index contributed by atoms with van der Waals surface area (Å²) in [5.74, 6) is 4.93. The van der Waals surface area contributed by atoms with Crippen LogP contribution in [-0.4, -0.2) is 49.1 Å². The average Bonchev–Trinajstić information content (AvgIpc) is 2.77. The molecule has 4 aliphatic carbocycles. The molecule has 32 heavy (non-hydrogen) atoms. The number of hydrogen-bond donors (Lipinski definition) is 0. The summed E-state index contributed by atoms with van der Waals surface area (Å²) in [5, 5.41) is 1.14. The first kappa shape index (κ1) is 20.3. The van der Waals surface area contributed by atoms with E-state index in [0.29, 0.717) is 11.3 Å². The SMILES string of the molecule is COc1cccc2c(C)cc(N3CCN(C(=O)CC45CC6CC(CC(C6)C4)C5)CC3)nc12. The molecule has 5 aliphatic rings. The van der Waals surface area contributed by atoms with Crippen LogP contribution in [0.2, 0.25) is 0 Å². The third-order valence-corrected chi connectivity index (χ3v) is 8.86. The van der Waals surface area contributed by atoms with Crippen molar-refractivity contribution in [3.8, 4) is 5.75 Å². The summed E-state index contributed by atoms with van der Waals surface area (Å²) in [6.07, 6.45) is 9.05. The number of fused-ring (bicyclic) bond motifs is 1. The largest absolute Gasteiger partial charge is 0.494 e. The van der Waals surface area contributed by atoms with Crippen LogP contribution in [-0.2, 0) is 4.79 Å². The Morgan fingerprint density at radius 1 is 1.06 bits per heavy atom. The van der Waals surface area contributed by atoms with E-state index >= 15 is 0 Å². The number of pyridine rings is 1. The Balaban J connectivity index is 1.13. The summed E-state index contributed by atoms with van der Waals surface area (Å²) >= 11 is 0. The van der Waals surface area contributed by atoms with Crippen LogP contribution in [0.25, 0.3) is 10.9 Å². The molecule has 1 amide bonds. The van der Waals surface area contributed by atoms with E-state index in [1.54, 1.807) is 7.11 Å². The Labute approximate surface area is 191 Å². The number of aryl methyl sites for hydroxylation is 1. The Morgan fingerprint density at radius 2 is 1.72 bits per heavy atom. The number of carbonyl (C=O) groups is 1. The molecule has 1 aromatic heterocycles. The van der Waals surface area contributed by atoms with Gasteiger partial charge in [-0.25, -0.2) is 4.98 Å². The van der Waals surface area contributed by atoms with Gasteiger partial charge in [-0.1, -0.05) is 12.1 Å². The van der Waals surface area contributed by atoms with Crippen molar-refractivity contribution in [2.45, 2.75) is 51.9 Å². The number of ether oxygens (including phenoxy) is 1. The third-order valence-electron chi connectivity index (χ3n) is 8.86. The highest BCUT2D eigenvalue weighted by atomic mass is 16.5. The normalized spacial score (nSPS) is 31.4. The summed E-state index contributed by atoms with van der Waals surface area (Å²) in [4.78, 5) is 22.7. The van der Waals surface area contributed by atoms with E-state index in [1.807, 2.05) is 12.1 Å². The summed E-state index contributed by atoms with van der Waals surface area (Å²) in [5.41, 5.74) is 2.46. The van der Waals surface area contributed by atoms with Crippen molar-refractivity contribution >= 4 is 22.6 Å². The second-order valence-electron chi connectivity index (χ2n) is 11.1. The van der Waals surface area contributed by atoms with Crippen LogP contribution in [0.4, 0.5) is 5.82 Å². The van der Waals surface area contributed by atoms with Crippen LogP contribution in [0, 0.1) is 30.1 Å². The molecular formula is C27H35N3O2. The molecule has 0 unspecified atom stereocenters. The topological polar surface area (TPSA) is 45.7 Å². The highest BCUT2D eigenvalue weighted by Gasteiger charge is 2.51. The Kier molecular flexibility index (Phi) is 4.85. The summed E-state index contributed by atoms with van der Waals surface area (Å²) in [7, 11) is 1.70. The van der Waals surface area contributed by atoms with E-state index in [4.69, 9.17) is 9.72 Å². The lowest BCUT2D eigenvalue weighted by Gasteiger charge is -2.57. The molecule has 1 aromatic carbocycles. The molecule has 2 aromatic rings. The molecule has 170 valence electrons. The highest BCUT2D eigenvalue weighted by Crippen LogP contribution is 2.61. The average molecular weight is 434 g/mol. The number of benzene rings is 1. The predicted molar refractivity (Wildman–Crippen MR) is 127 cm³/mol. The Morgan fingerprint density at radius 3 is 2.34 bits per heavy atom. The number of para-hydroxylation sites is 1. The van der Waals surface area contributed by atoms with Crippen molar-refractivity contribution in [2.75, 3.05) is 38.2 Å². The second kappa shape index (κ2) is 7.64. The predicted octanol–water partition coefficient (Wildman–Crippen LogP) is 4.81. The molecule has 0 radical (unpaired) electrons. The number of rotatable bonds is 4. The van der Waals surface area contributed by atoms with Gasteiger partial charge < -0.3 is 14.5 Å². The molecule has 4 saturated carbocycles. The molecule has 2 heterocycles. The minimum Gasteiger partial charge on any atom is -0.494 e. The first-order valence-electron chi connectivity index (χ1n) is 12.5. The zero-order chi connectivity index (χ0) is 21.9. The van der Waals surface area contributed by atoms with E-state index in [-0.39, 0.29) is 0 Å². The van der Waals surface area contributed by atoms with Crippen LogP contribution < -0.4 is 9.64 Å². The van der Waals surface area contributed by atoms with Gasteiger partial charge >= 0.3 is 0 Å². The summed E-state index contributed by atoms with van der Waals surface area (Å²) in [6.45, 7) is 5.43. The molecule has 0 spiro atoms. The molecule has 5 fully saturated rings. The maximum absolute atomic E-state index is 13.3. The van der Waals surface area contributed by atoms with Gasteiger partial charge in [-0.05, 0) is 86.3 Å². The van der Waals surface area contributed by atoms with Gasteiger partial charge in [-0.15, -0.1) is 0 Å². The molecule has 4 bridgehead atoms. The van der Waals surface area contributed by atoms with E-state index in [2.05, 4.69) is 28.9 Å². The van der Waals surface area contributed by atoms with Crippen LogP contribution in [0.5, 0.6) is 5.75 Å². The van der Waals surface area contributed by atoms with Gasteiger partial charge in [0.1, 0.15) is 17.1 Å². The van der Waals surface area contributed by atoms with Crippen LogP contribution >= 0.6 is 0 Å². The molecule has 7 rings (SSSR count). The molecule has 1 aliphatic heterocycles. The van der Waals surface area contributed by atoms with E-state index < -0.39 is 0 Å². The monoisotopic (exact) mass is 433 g/mol. The van der Waals surface area contributed by atoms with Crippen molar-refractivity contribution in [3.05, 3.63) is 29.8 Å². The Bertz CT molecular complexity index is 1010.